The van der Waals surface area contributed by atoms with Crippen molar-refractivity contribution in [3.63, 3.8) is 0 Å². The first kappa shape index (κ1) is 13.3. The second-order valence-corrected chi connectivity index (χ2v) is 3.72. The smallest absolute Gasteiger partial charge is 0.304 e. The van der Waals surface area contributed by atoms with Gasteiger partial charge in [0.05, 0.1) is 19.2 Å². The van der Waals surface area contributed by atoms with Crippen molar-refractivity contribution in [1.29, 1.82) is 0 Å². The fourth-order valence-electron chi connectivity index (χ4n) is 1.49. The van der Waals surface area contributed by atoms with Gasteiger partial charge in [-0.1, -0.05) is 6.07 Å². The highest BCUT2D eigenvalue weighted by Gasteiger charge is 2.01. The highest BCUT2D eigenvalue weighted by atomic mass is 16.5. The first-order chi connectivity index (χ1) is 8.13. The molecule has 0 unspecified atom stereocenters. The molecule has 0 amide bonds. The molecule has 5 nitrogen and oxygen atoms in total. The maximum Gasteiger partial charge on any atom is 0.304 e. The summed E-state index contributed by atoms with van der Waals surface area (Å²) < 4.78 is 5.06. The van der Waals surface area contributed by atoms with Gasteiger partial charge in [-0.05, 0) is 30.7 Å². The lowest BCUT2D eigenvalue weighted by Crippen LogP contribution is -2.20. The largest absolute Gasteiger partial charge is 0.495 e. The second-order valence-electron chi connectivity index (χ2n) is 3.72. The minimum absolute atomic E-state index is 0.144. The molecule has 0 aliphatic heterocycles. The number of nitrogen functional groups attached to an aromatic ring is 1. The number of ether oxygens (including phenoxy) is 1. The third-order valence-corrected chi connectivity index (χ3v) is 2.40. The lowest BCUT2D eigenvalue weighted by atomic mass is 10.1. The fraction of sp³-hybridized carbons (Fsp3) is 0.417. The Bertz CT molecular complexity index is 380. The molecule has 0 radical (unpaired) electrons. The first-order valence-corrected chi connectivity index (χ1v) is 5.48. The summed E-state index contributed by atoms with van der Waals surface area (Å²) in [5.41, 5.74) is 7.50. The standard InChI is InChI=1S/C12H18N2O3/c1-17-11-3-2-9(8-10(11)13)4-6-14-7-5-12(15)16/h2-3,8,14H,4-7,13H2,1H3,(H,15,16). The molecule has 0 aliphatic carbocycles. The molecule has 1 aromatic carbocycles. The lowest BCUT2D eigenvalue weighted by Gasteiger charge is -2.07. The number of hydrogen-bond donors (Lipinski definition) is 3. The Labute approximate surface area is 101 Å². The number of carboxylic acid groups (broad SMARTS) is 1. The van der Waals surface area contributed by atoms with Crippen molar-refractivity contribution < 1.29 is 14.6 Å². The number of carbonyl (C=O) groups is 1. The molecular formula is C12H18N2O3. The number of anilines is 1. The van der Waals surface area contributed by atoms with Gasteiger partial charge in [0.25, 0.3) is 0 Å². The van der Waals surface area contributed by atoms with Crippen LogP contribution in [0, 0.1) is 0 Å². The highest BCUT2D eigenvalue weighted by molar-refractivity contribution is 5.66. The van der Waals surface area contributed by atoms with Crippen molar-refractivity contribution in [2.45, 2.75) is 12.8 Å². The number of nitrogens with one attached hydrogen (secondary N) is 1. The molecule has 4 N–H and O–H groups in total. The Morgan fingerprint density at radius 1 is 1.47 bits per heavy atom. The maximum atomic E-state index is 10.3. The topological polar surface area (TPSA) is 84.6 Å². The molecule has 0 saturated heterocycles. The molecular weight excluding hydrogens is 220 g/mol. The molecule has 0 atom stereocenters. The summed E-state index contributed by atoms with van der Waals surface area (Å²) >= 11 is 0. The number of nitrogens with two attached hydrogens (primary N) is 1. The van der Waals surface area contributed by atoms with Gasteiger partial charge in [0.2, 0.25) is 0 Å². The zero-order valence-corrected chi connectivity index (χ0v) is 9.90. The van der Waals surface area contributed by atoms with Crippen LogP contribution in [0.15, 0.2) is 18.2 Å². The van der Waals surface area contributed by atoms with E-state index >= 15 is 0 Å². The van der Waals surface area contributed by atoms with Gasteiger partial charge >= 0.3 is 5.97 Å². The van der Waals surface area contributed by atoms with E-state index in [1.165, 1.54) is 0 Å². The van der Waals surface area contributed by atoms with Crippen LogP contribution in [0.3, 0.4) is 0 Å². The molecule has 17 heavy (non-hydrogen) atoms. The van der Waals surface area contributed by atoms with Crippen LogP contribution in [-0.2, 0) is 11.2 Å². The van der Waals surface area contributed by atoms with E-state index in [0.717, 1.165) is 18.5 Å². The Morgan fingerprint density at radius 3 is 2.82 bits per heavy atom. The van der Waals surface area contributed by atoms with Crippen LogP contribution in [0.1, 0.15) is 12.0 Å². The van der Waals surface area contributed by atoms with E-state index in [2.05, 4.69) is 5.32 Å². The number of aliphatic carboxylic acids is 1. The summed E-state index contributed by atoms with van der Waals surface area (Å²) in [6, 6.07) is 5.66. The third-order valence-electron chi connectivity index (χ3n) is 2.40. The summed E-state index contributed by atoms with van der Waals surface area (Å²) in [6.45, 7) is 1.22. The van der Waals surface area contributed by atoms with Crippen molar-refractivity contribution in [1.82, 2.24) is 5.32 Å². The van der Waals surface area contributed by atoms with Crippen LogP contribution < -0.4 is 15.8 Å². The van der Waals surface area contributed by atoms with E-state index in [9.17, 15) is 4.79 Å². The quantitative estimate of drug-likeness (QED) is 0.485. The Kier molecular flexibility index (Phi) is 5.29. The van der Waals surface area contributed by atoms with Gasteiger partial charge in [0.15, 0.2) is 0 Å². The maximum absolute atomic E-state index is 10.3. The number of benzene rings is 1. The van der Waals surface area contributed by atoms with E-state index in [-0.39, 0.29) is 6.42 Å². The minimum atomic E-state index is -0.786. The highest BCUT2D eigenvalue weighted by Crippen LogP contribution is 2.21. The third kappa shape index (κ3) is 4.74. The zero-order chi connectivity index (χ0) is 12.7. The molecule has 0 saturated carbocycles. The monoisotopic (exact) mass is 238 g/mol. The molecule has 0 spiro atoms. The van der Waals surface area contributed by atoms with Crippen molar-refractivity contribution >= 4 is 11.7 Å². The van der Waals surface area contributed by atoms with Crippen LogP contribution in [0.25, 0.3) is 0 Å². The van der Waals surface area contributed by atoms with Crippen LogP contribution in [0.2, 0.25) is 0 Å². The van der Waals surface area contributed by atoms with Crippen LogP contribution in [0.5, 0.6) is 5.75 Å². The minimum Gasteiger partial charge on any atom is -0.495 e. The molecule has 0 fully saturated rings. The second kappa shape index (κ2) is 6.75. The average molecular weight is 238 g/mol. The number of hydrogen-bond acceptors (Lipinski definition) is 4. The van der Waals surface area contributed by atoms with Gasteiger partial charge in [-0.25, -0.2) is 0 Å². The molecule has 5 heteroatoms. The number of rotatable bonds is 7. The van der Waals surface area contributed by atoms with Crippen LogP contribution in [0.4, 0.5) is 5.69 Å². The molecule has 0 bridgehead atoms. The van der Waals surface area contributed by atoms with Gasteiger partial charge in [0.1, 0.15) is 5.75 Å². The molecule has 1 aromatic rings. The van der Waals surface area contributed by atoms with Crippen LogP contribution in [-0.4, -0.2) is 31.3 Å². The van der Waals surface area contributed by atoms with Crippen molar-refractivity contribution in [2.24, 2.45) is 0 Å². The molecule has 0 aliphatic rings. The van der Waals surface area contributed by atoms with Crippen molar-refractivity contribution in [3.8, 4) is 5.75 Å². The SMILES string of the molecule is COc1ccc(CCNCCC(=O)O)cc1N. The normalized spacial score (nSPS) is 10.2. The summed E-state index contributed by atoms with van der Waals surface area (Å²) in [7, 11) is 1.58. The predicted octanol–water partition coefficient (Wildman–Crippen LogP) is 0.884. The summed E-state index contributed by atoms with van der Waals surface area (Å²) in [5, 5.41) is 11.5. The van der Waals surface area contributed by atoms with E-state index in [1.54, 1.807) is 7.11 Å². The first-order valence-electron chi connectivity index (χ1n) is 5.48. The molecule has 0 heterocycles. The number of carboxylic acids is 1. The zero-order valence-electron chi connectivity index (χ0n) is 9.90. The molecule has 0 aromatic heterocycles. The average Bonchev–Trinajstić information content (AvgIpc) is 2.28. The van der Waals surface area contributed by atoms with Gasteiger partial charge in [-0.3, -0.25) is 4.79 Å². The van der Waals surface area contributed by atoms with E-state index in [0.29, 0.717) is 18.0 Å². The van der Waals surface area contributed by atoms with E-state index in [4.69, 9.17) is 15.6 Å². The number of methoxy groups -OCH3 is 1. The lowest BCUT2D eigenvalue weighted by molar-refractivity contribution is -0.136. The van der Waals surface area contributed by atoms with Crippen LogP contribution >= 0.6 is 0 Å². The van der Waals surface area contributed by atoms with Crippen molar-refractivity contribution in [3.05, 3.63) is 23.8 Å². The molecule has 94 valence electrons. The van der Waals surface area contributed by atoms with E-state index in [1.807, 2.05) is 18.2 Å². The van der Waals surface area contributed by atoms with E-state index < -0.39 is 5.97 Å². The Hall–Kier alpha value is -1.75. The summed E-state index contributed by atoms with van der Waals surface area (Å²) in [4.78, 5) is 10.3. The summed E-state index contributed by atoms with van der Waals surface area (Å²) in [5.74, 6) is -0.112. The van der Waals surface area contributed by atoms with Gasteiger partial charge < -0.3 is 20.9 Å². The Morgan fingerprint density at radius 2 is 2.24 bits per heavy atom. The van der Waals surface area contributed by atoms with Gasteiger partial charge in [0, 0.05) is 6.54 Å². The van der Waals surface area contributed by atoms with Gasteiger partial charge in [-0.2, -0.15) is 0 Å². The predicted molar refractivity (Wildman–Crippen MR) is 66.2 cm³/mol. The van der Waals surface area contributed by atoms with Gasteiger partial charge in [-0.15, -0.1) is 0 Å². The molecule has 1 rings (SSSR count). The van der Waals surface area contributed by atoms with Crippen molar-refractivity contribution in [2.75, 3.05) is 25.9 Å². The fourth-order valence-corrected chi connectivity index (χ4v) is 1.49. The summed E-state index contributed by atoms with van der Waals surface area (Å²) in [6.07, 6.45) is 0.957. The Balaban J connectivity index is 2.32.